The van der Waals surface area contributed by atoms with Crippen LogP contribution < -0.4 is 4.74 Å². The Hall–Kier alpha value is -2.66. The van der Waals surface area contributed by atoms with Crippen molar-refractivity contribution in [2.24, 2.45) is 11.8 Å². The highest BCUT2D eigenvalue weighted by molar-refractivity contribution is 7.07. The van der Waals surface area contributed by atoms with Crippen LogP contribution in [0.5, 0.6) is 5.75 Å². The van der Waals surface area contributed by atoms with Crippen molar-refractivity contribution in [3.8, 4) is 5.75 Å². The molecule has 2 aliphatic heterocycles. The summed E-state index contributed by atoms with van der Waals surface area (Å²) in [6, 6.07) is 8.29. The Balaban J connectivity index is 0.000000339. The molecule has 3 heterocycles. The molecule has 0 spiro atoms. The molecule has 2 fully saturated rings. The lowest BCUT2D eigenvalue weighted by atomic mass is 10.0. The number of likely N-dealkylation sites (tertiary alicyclic amines) is 2. The summed E-state index contributed by atoms with van der Waals surface area (Å²) >= 11 is 1.48. The molecule has 31 heavy (non-hydrogen) atoms. The number of aliphatic carboxylic acids is 1. The maximum absolute atomic E-state index is 12.4. The Morgan fingerprint density at radius 3 is 2.19 bits per heavy atom. The van der Waals surface area contributed by atoms with Crippen molar-refractivity contribution in [1.82, 2.24) is 14.8 Å². The number of methoxy groups -OCH3 is 1. The quantitative estimate of drug-likeness (QED) is 0.760. The molecule has 2 unspecified atom stereocenters. The van der Waals surface area contributed by atoms with E-state index in [0.717, 1.165) is 38.5 Å². The molecule has 1 aromatic carbocycles. The first kappa shape index (κ1) is 23.0. The Morgan fingerprint density at radius 1 is 1.16 bits per heavy atom. The summed E-state index contributed by atoms with van der Waals surface area (Å²) < 4.78 is 36.9. The number of halogens is 3. The van der Waals surface area contributed by atoms with Crippen LogP contribution in [0, 0.1) is 11.8 Å². The number of carbonyl (C=O) groups is 2. The zero-order chi connectivity index (χ0) is 22.6. The molecule has 0 bridgehead atoms. The first-order valence-electron chi connectivity index (χ1n) is 9.50. The molecule has 168 valence electrons. The molecule has 7 nitrogen and oxygen atoms in total. The number of ether oxygens (including phenoxy) is 1. The number of hydrogen-bond acceptors (Lipinski definition) is 6. The molecule has 1 aromatic heterocycles. The number of thiazole rings is 1. The number of alkyl halides is 3. The van der Waals surface area contributed by atoms with Gasteiger partial charge in [-0.3, -0.25) is 9.69 Å². The summed E-state index contributed by atoms with van der Waals surface area (Å²) in [7, 11) is 1.69. The number of rotatable bonds is 4. The molecule has 1 amide bonds. The monoisotopic (exact) mass is 457 g/mol. The van der Waals surface area contributed by atoms with Gasteiger partial charge in [-0.2, -0.15) is 13.2 Å². The number of carboxylic acids is 1. The number of carbonyl (C=O) groups excluding carboxylic acids is 1. The van der Waals surface area contributed by atoms with Crippen molar-refractivity contribution in [3.63, 3.8) is 0 Å². The van der Waals surface area contributed by atoms with Crippen LogP contribution in [-0.4, -0.2) is 71.2 Å². The minimum atomic E-state index is -5.08. The minimum Gasteiger partial charge on any atom is -0.497 e. The molecule has 0 aliphatic carbocycles. The van der Waals surface area contributed by atoms with E-state index in [-0.39, 0.29) is 5.91 Å². The van der Waals surface area contributed by atoms with Gasteiger partial charge in [0.2, 0.25) is 0 Å². The maximum atomic E-state index is 12.4. The maximum Gasteiger partial charge on any atom is 0.490 e. The standard InChI is InChI=1S/C18H21N3O2S.C2HF3O2/c1-23-16-4-2-13(3-5-16)6-20-7-14-9-21(10-15(14)8-20)18(22)17-11-24-12-19-17;3-2(4,5)1(6)7/h2-5,11-12,14-15H,6-10H2,1H3;(H,6,7). The van der Waals surface area contributed by atoms with Crippen LogP contribution in [-0.2, 0) is 11.3 Å². The van der Waals surface area contributed by atoms with Gasteiger partial charge in [0.1, 0.15) is 11.4 Å². The Bertz CT molecular complexity index is 876. The van der Waals surface area contributed by atoms with Gasteiger partial charge >= 0.3 is 12.1 Å². The molecule has 2 aliphatic rings. The number of fused-ring (bicyclic) bond motifs is 1. The normalized spacial score (nSPS) is 20.7. The summed E-state index contributed by atoms with van der Waals surface area (Å²) in [4.78, 5) is 29.9. The lowest BCUT2D eigenvalue weighted by Gasteiger charge is -2.21. The van der Waals surface area contributed by atoms with Crippen molar-refractivity contribution in [2.45, 2.75) is 12.7 Å². The molecule has 2 atom stereocenters. The third-order valence-electron chi connectivity index (χ3n) is 5.31. The smallest absolute Gasteiger partial charge is 0.490 e. The third-order valence-corrected chi connectivity index (χ3v) is 5.89. The van der Waals surface area contributed by atoms with E-state index in [9.17, 15) is 18.0 Å². The van der Waals surface area contributed by atoms with E-state index in [0.29, 0.717) is 17.5 Å². The predicted octanol–water partition coefficient (Wildman–Crippen LogP) is 2.99. The van der Waals surface area contributed by atoms with Crippen LogP contribution in [0.3, 0.4) is 0 Å². The summed E-state index contributed by atoms with van der Waals surface area (Å²) in [6.45, 7) is 4.83. The zero-order valence-corrected chi connectivity index (χ0v) is 17.5. The summed E-state index contributed by atoms with van der Waals surface area (Å²) in [6.07, 6.45) is -5.08. The Labute approximate surface area is 181 Å². The number of carboxylic acid groups (broad SMARTS) is 1. The van der Waals surface area contributed by atoms with Gasteiger partial charge < -0.3 is 14.7 Å². The highest BCUT2D eigenvalue weighted by atomic mass is 32.1. The number of nitrogens with zero attached hydrogens (tertiary/aromatic N) is 3. The van der Waals surface area contributed by atoms with Gasteiger partial charge in [0.15, 0.2) is 0 Å². The van der Waals surface area contributed by atoms with E-state index in [2.05, 4.69) is 22.0 Å². The van der Waals surface area contributed by atoms with Crippen LogP contribution in [0.1, 0.15) is 16.1 Å². The van der Waals surface area contributed by atoms with E-state index in [1.165, 1.54) is 16.9 Å². The third kappa shape index (κ3) is 5.95. The number of benzene rings is 1. The van der Waals surface area contributed by atoms with E-state index in [1.807, 2.05) is 22.4 Å². The van der Waals surface area contributed by atoms with Crippen molar-refractivity contribution >= 4 is 23.2 Å². The van der Waals surface area contributed by atoms with Crippen molar-refractivity contribution < 1.29 is 32.6 Å². The second-order valence-corrected chi connectivity index (χ2v) is 8.17. The predicted molar refractivity (Wildman–Crippen MR) is 107 cm³/mol. The summed E-state index contributed by atoms with van der Waals surface area (Å²) in [5.41, 5.74) is 3.63. The molecular weight excluding hydrogens is 435 g/mol. The molecule has 2 aromatic rings. The lowest BCUT2D eigenvalue weighted by Crippen LogP contribution is -2.33. The van der Waals surface area contributed by atoms with Crippen LogP contribution in [0.15, 0.2) is 35.2 Å². The molecule has 0 radical (unpaired) electrons. The van der Waals surface area contributed by atoms with Gasteiger partial charge in [-0.1, -0.05) is 12.1 Å². The topological polar surface area (TPSA) is 83.0 Å². The van der Waals surface area contributed by atoms with Gasteiger partial charge in [0.05, 0.1) is 12.6 Å². The fourth-order valence-electron chi connectivity index (χ4n) is 3.85. The highest BCUT2D eigenvalue weighted by Gasteiger charge is 2.41. The van der Waals surface area contributed by atoms with Gasteiger partial charge in [-0.25, -0.2) is 9.78 Å². The molecule has 11 heteroatoms. The number of hydrogen-bond donors (Lipinski definition) is 1. The SMILES string of the molecule is COc1ccc(CN2CC3CN(C(=O)c4cscn4)CC3C2)cc1.O=C(O)C(F)(F)F. The highest BCUT2D eigenvalue weighted by Crippen LogP contribution is 2.32. The second-order valence-electron chi connectivity index (χ2n) is 7.45. The average molecular weight is 457 g/mol. The van der Waals surface area contributed by atoms with Crippen molar-refractivity contribution in [1.29, 1.82) is 0 Å². The van der Waals surface area contributed by atoms with Gasteiger partial charge in [-0.05, 0) is 29.5 Å². The van der Waals surface area contributed by atoms with E-state index < -0.39 is 12.1 Å². The number of amides is 1. The molecule has 2 saturated heterocycles. The van der Waals surface area contributed by atoms with Gasteiger partial charge in [-0.15, -0.1) is 11.3 Å². The van der Waals surface area contributed by atoms with E-state index in [4.69, 9.17) is 14.6 Å². The van der Waals surface area contributed by atoms with Crippen LogP contribution in [0.25, 0.3) is 0 Å². The van der Waals surface area contributed by atoms with Gasteiger partial charge in [0, 0.05) is 38.1 Å². The van der Waals surface area contributed by atoms with Gasteiger partial charge in [0.25, 0.3) is 5.91 Å². The fraction of sp³-hybridized carbons (Fsp3) is 0.450. The molecular formula is C20H22F3N3O4S. The molecule has 0 saturated carbocycles. The first-order valence-corrected chi connectivity index (χ1v) is 10.4. The van der Waals surface area contributed by atoms with E-state index in [1.54, 1.807) is 12.6 Å². The Morgan fingerprint density at radius 2 is 1.74 bits per heavy atom. The Kier molecular flexibility index (Phi) is 7.16. The lowest BCUT2D eigenvalue weighted by molar-refractivity contribution is -0.192. The fourth-order valence-corrected chi connectivity index (χ4v) is 4.38. The van der Waals surface area contributed by atoms with Crippen LogP contribution in [0.2, 0.25) is 0 Å². The zero-order valence-electron chi connectivity index (χ0n) is 16.7. The molecule has 4 rings (SSSR count). The first-order chi connectivity index (χ1) is 14.7. The second kappa shape index (κ2) is 9.65. The summed E-state index contributed by atoms with van der Waals surface area (Å²) in [5.74, 6) is -0.593. The largest absolute Gasteiger partial charge is 0.497 e. The summed E-state index contributed by atoms with van der Waals surface area (Å²) in [5, 5.41) is 8.96. The van der Waals surface area contributed by atoms with Crippen molar-refractivity contribution in [2.75, 3.05) is 33.3 Å². The minimum absolute atomic E-state index is 0.0901. The van der Waals surface area contributed by atoms with Crippen LogP contribution >= 0.6 is 11.3 Å². The average Bonchev–Trinajstić information content (AvgIpc) is 3.44. The number of aromatic nitrogens is 1. The van der Waals surface area contributed by atoms with Crippen molar-refractivity contribution in [3.05, 3.63) is 46.4 Å². The van der Waals surface area contributed by atoms with E-state index >= 15 is 0 Å². The van der Waals surface area contributed by atoms with Crippen LogP contribution in [0.4, 0.5) is 13.2 Å². The molecule has 1 N–H and O–H groups in total.